The molecule has 0 aromatic heterocycles. The summed E-state index contributed by atoms with van der Waals surface area (Å²) in [6.07, 6.45) is 0.655. The van der Waals surface area contributed by atoms with Crippen LogP contribution in [0.5, 0.6) is 0 Å². The number of esters is 1. The quantitative estimate of drug-likeness (QED) is 0.550. The third-order valence-electron chi connectivity index (χ3n) is 4.45. The predicted molar refractivity (Wildman–Crippen MR) is 101 cm³/mol. The van der Waals surface area contributed by atoms with Crippen LogP contribution in [0.4, 0.5) is 4.39 Å². The normalized spacial score (nSPS) is 22.0. The lowest BCUT2D eigenvalue weighted by Crippen LogP contribution is -2.40. The minimum absolute atomic E-state index is 0.0963. The number of thioether (sulfide) groups is 1. The lowest BCUT2D eigenvalue weighted by molar-refractivity contribution is -0.141. The lowest BCUT2D eigenvalue weighted by Gasteiger charge is -2.33. The van der Waals surface area contributed by atoms with E-state index in [4.69, 9.17) is 9.47 Å². The molecule has 144 valence electrons. The first kappa shape index (κ1) is 19.6. The molecule has 8 heteroatoms. The number of rotatable bonds is 6. The zero-order valence-electron chi connectivity index (χ0n) is 15.4. The van der Waals surface area contributed by atoms with Crippen LogP contribution in [0.1, 0.15) is 31.9 Å². The third-order valence-corrected chi connectivity index (χ3v) is 5.77. The molecule has 1 saturated heterocycles. The molecule has 2 atom stereocenters. The van der Waals surface area contributed by atoms with Crippen molar-refractivity contribution in [3.05, 3.63) is 46.9 Å². The van der Waals surface area contributed by atoms with Crippen molar-refractivity contribution in [1.29, 1.82) is 0 Å². The van der Waals surface area contributed by atoms with E-state index in [0.717, 1.165) is 0 Å². The monoisotopic (exact) mass is 392 g/mol. The summed E-state index contributed by atoms with van der Waals surface area (Å²) in [4.78, 5) is 31.7. The van der Waals surface area contributed by atoms with Crippen molar-refractivity contribution in [2.24, 2.45) is 4.99 Å². The summed E-state index contributed by atoms with van der Waals surface area (Å²) in [5.41, 5.74) is 1.41. The molecule has 1 amide bonds. The minimum Gasteiger partial charge on any atom is -0.460 e. The van der Waals surface area contributed by atoms with Gasteiger partial charge >= 0.3 is 5.97 Å². The number of hydrogen-bond donors (Lipinski definition) is 0. The van der Waals surface area contributed by atoms with Gasteiger partial charge in [0.05, 0.1) is 29.2 Å². The zero-order valence-corrected chi connectivity index (χ0v) is 16.2. The number of amidine groups is 1. The van der Waals surface area contributed by atoms with Crippen molar-refractivity contribution in [1.82, 2.24) is 4.90 Å². The van der Waals surface area contributed by atoms with Crippen LogP contribution in [0.2, 0.25) is 0 Å². The highest BCUT2D eigenvalue weighted by molar-refractivity contribution is 8.15. The van der Waals surface area contributed by atoms with E-state index in [9.17, 15) is 14.0 Å². The molecule has 0 bridgehead atoms. The Morgan fingerprint density at radius 1 is 1.30 bits per heavy atom. The number of halogens is 1. The molecule has 2 aliphatic rings. The molecule has 1 aromatic rings. The van der Waals surface area contributed by atoms with Gasteiger partial charge in [0.2, 0.25) is 5.91 Å². The van der Waals surface area contributed by atoms with Crippen LogP contribution in [0, 0.1) is 5.82 Å². The Kier molecular flexibility index (Phi) is 5.96. The average Bonchev–Trinajstić information content (AvgIpc) is 2.96. The number of nitrogens with zero attached hydrogens (tertiary/aromatic N) is 2. The van der Waals surface area contributed by atoms with Gasteiger partial charge in [0.15, 0.2) is 5.17 Å². The number of ether oxygens (including phenoxy) is 2. The van der Waals surface area contributed by atoms with Crippen molar-refractivity contribution < 1.29 is 23.5 Å². The van der Waals surface area contributed by atoms with Gasteiger partial charge < -0.3 is 9.47 Å². The molecule has 0 aliphatic carbocycles. The average molecular weight is 392 g/mol. The third kappa shape index (κ3) is 3.77. The van der Waals surface area contributed by atoms with Crippen molar-refractivity contribution in [2.75, 3.05) is 20.3 Å². The van der Waals surface area contributed by atoms with E-state index in [-0.39, 0.29) is 35.8 Å². The van der Waals surface area contributed by atoms with Crippen LogP contribution in [-0.2, 0) is 19.1 Å². The second-order valence-electron chi connectivity index (χ2n) is 6.20. The van der Waals surface area contributed by atoms with Crippen LogP contribution in [0.3, 0.4) is 0 Å². The highest BCUT2D eigenvalue weighted by Gasteiger charge is 2.47. The smallest absolute Gasteiger partial charge is 0.338 e. The van der Waals surface area contributed by atoms with Gasteiger partial charge in [0, 0.05) is 7.11 Å². The first-order valence-corrected chi connectivity index (χ1v) is 9.56. The van der Waals surface area contributed by atoms with Crippen LogP contribution in [-0.4, -0.2) is 47.5 Å². The van der Waals surface area contributed by atoms with Crippen LogP contribution >= 0.6 is 11.8 Å². The highest BCUT2D eigenvalue weighted by Crippen LogP contribution is 2.43. The van der Waals surface area contributed by atoms with Gasteiger partial charge in [-0.25, -0.2) is 14.2 Å². The topological polar surface area (TPSA) is 68.2 Å². The fourth-order valence-corrected chi connectivity index (χ4v) is 4.24. The summed E-state index contributed by atoms with van der Waals surface area (Å²) in [6.45, 7) is 4.02. The Morgan fingerprint density at radius 3 is 2.63 bits per heavy atom. The molecule has 27 heavy (non-hydrogen) atoms. The number of benzene rings is 1. The van der Waals surface area contributed by atoms with Crippen molar-refractivity contribution in [3.63, 3.8) is 0 Å². The summed E-state index contributed by atoms with van der Waals surface area (Å²) in [6, 6.07) is 5.10. The maximum absolute atomic E-state index is 13.4. The van der Waals surface area contributed by atoms with Gasteiger partial charge in [-0.15, -0.1) is 0 Å². The predicted octanol–water partition coefficient (Wildman–Crippen LogP) is 3.05. The van der Waals surface area contributed by atoms with E-state index in [1.54, 1.807) is 19.1 Å². The van der Waals surface area contributed by atoms with Gasteiger partial charge in [0.1, 0.15) is 12.4 Å². The Labute approximate surface area is 161 Å². The standard InChI is InChI=1S/C19H21FN2O4S/c1-4-14-17(23)22-16(12-5-7-13(20)8-6-12)15(11(2)21-19(22)27-14)18(24)26-10-9-25-3/h5-8,14,16H,4,9-10H2,1-3H3. The first-order chi connectivity index (χ1) is 13.0. The second kappa shape index (κ2) is 8.22. The number of fused-ring (bicyclic) bond motifs is 1. The number of allylic oxidation sites excluding steroid dienone is 1. The Bertz CT molecular complexity index is 806. The van der Waals surface area contributed by atoms with Crippen molar-refractivity contribution in [2.45, 2.75) is 31.6 Å². The molecule has 6 nitrogen and oxygen atoms in total. The summed E-state index contributed by atoms with van der Waals surface area (Å²) in [7, 11) is 1.52. The zero-order chi connectivity index (χ0) is 19.6. The Hall–Kier alpha value is -2.19. The summed E-state index contributed by atoms with van der Waals surface area (Å²) in [5.74, 6) is -1.05. The number of carbonyl (C=O) groups excluding carboxylic acids is 2. The summed E-state index contributed by atoms with van der Waals surface area (Å²) >= 11 is 1.39. The lowest BCUT2D eigenvalue weighted by atomic mass is 9.94. The maximum Gasteiger partial charge on any atom is 0.338 e. The molecule has 0 N–H and O–H groups in total. The van der Waals surface area contributed by atoms with Crippen molar-refractivity contribution in [3.8, 4) is 0 Å². The van der Waals surface area contributed by atoms with E-state index in [1.165, 1.54) is 35.9 Å². The number of carbonyl (C=O) groups is 2. The molecular formula is C19H21FN2O4S. The van der Waals surface area contributed by atoms with Crippen LogP contribution < -0.4 is 0 Å². The first-order valence-electron chi connectivity index (χ1n) is 8.68. The SMILES string of the molecule is CCC1SC2=NC(C)=C(C(=O)OCCOC)C(c3ccc(F)cc3)N2C1=O. The molecule has 2 heterocycles. The fourth-order valence-electron chi connectivity index (χ4n) is 3.11. The summed E-state index contributed by atoms with van der Waals surface area (Å²) in [5, 5.41) is 0.315. The number of methoxy groups -OCH3 is 1. The van der Waals surface area contributed by atoms with Crippen molar-refractivity contribution >= 4 is 28.8 Å². The molecule has 2 unspecified atom stereocenters. The molecule has 0 spiro atoms. The Morgan fingerprint density at radius 2 is 2.00 bits per heavy atom. The Balaban J connectivity index is 2.03. The molecular weight excluding hydrogens is 371 g/mol. The largest absolute Gasteiger partial charge is 0.460 e. The summed E-state index contributed by atoms with van der Waals surface area (Å²) < 4.78 is 23.6. The number of hydrogen-bond acceptors (Lipinski definition) is 6. The van der Waals surface area contributed by atoms with E-state index < -0.39 is 12.0 Å². The fraction of sp³-hybridized carbons (Fsp3) is 0.421. The van der Waals surface area contributed by atoms with Gasteiger partial charge in [0.25, 0.3) is 0 Å². The molecule has 1 aromatic carbocycles. The molecule has 0 radical (unpaired) electrons. The highest BCUT2D eigenvalue weighted by atomic mass is 32.2. The van der Waals surface area contributed by atoms with Gasteiger partial charge in [-0.1, -0.05) is 30.8 Å². The minimum atomic E-state index is -0.690. The van der Waals surface area contributed by atoms with Gasteiger partial charge in [-0.2, -0.15) is 0 Å². The van der Waals surface area contributed by atoms with Gasteiger partial charge in [-0.3, -0.25) is 9.69 Å². The van der Waals surface area contributed by atoms with E-state index in [0.29, 0.717) is 22.8 Å². The number of amides is 1. The van der Waals surface area contributed by atoms with Crippen LogP contribution in [0.15, 0.2) is 40.5 Å². The molecule has 2 aliphatic heterocycles. The molecule has 0 saturated carbocycles. The second-order valence-corrected chi connectivity index (χ2v) is 7.37. The van der Waals surface area contributed by atoms with E-state index >= 15 is 0 Å². The number of aliphatic imine (C=N–C) groups is 1. The maximum atomic E-state index is 13.4. The van der Waals surface area contributed by atoms with E-state index in [1.807, 2.05) is 6.92 Å². The van der Waals surface area contributed by atoms with Crippen LogP contribution in [0.25, 0.3) is 0 Å². The molecule has 3 rings (SSSR count). The van der Waals surface area contributed by atoms with Gasteiger partial charge in [-0.05, 0) is 31.0 Å². The molecule has 1 fully saturated rings. The van der Waals surface area contributed by atoms with E-state index in [2.05, 4.69) is 4.99 Å².